The molecule has 0 aromatic rings. The Bertz CT molecular complexity index is 163. The molecule has 0 aliphatic heterocycles. The summed E-state index contributed by atoms with van der Waals surface area (Å²) in [6.07, 6.45) is 10.1. The third kappa shape index (κ3) is 1.73. The molecular formula is C8H9N. The summed E-state index contributed by atoms with van der Waals surface area (Å²) in [6.45, 7) is 0. The molecule has 0 saturated carbocycles. The van der Waals surface area contributed by atoms with Crippen molar-refractivity contribution in [3.8, 4) is 6.07 Å². The fourth-order valence-corrected chi connectivity index (χ4v) is 0.975. The van der Waals surface area contributed by atoms with Crippen molar-refractivity contribution in [2.75, 3.05) is 0 Å². The van der Waals surface area contributed by atoms with Crippen molar-refractivity contribution < 1.29 is 0 Å². The van der Waals surface area contributed by atoms with Gasteiger partial charge in [0.25, 0.3) is 0 Å². The highest BCUT2D eigenvalue weighted by atomic mass is 14.2. The van der Waals surface area contributed by atoms with E-state index < -0.39 is 0 Å². The first-order valence-corrected chi connectivity index (χ1v) is 3.15. The highest BCUT2D eigenvalue weighted by molar-refractivity contribution is 5.09. The minimum absolute atomic E-state index is 0.602. The molecule has 0 N–H and O–H groups in total. The van der Waals surface area contributed by atoms with Crippen LogP contribution in [0.1, 0.15) is 12.8 Å². The lowest BCUT2D eigenvalue weighted by Gasteiger charge is -1.96. The van der Waals surface area contributed by atoms with E-state index in [0.717, 1.165) is 12.8 Å². The van der Waals surface area contributed by atoms with Gasteiger partial charge in [-0.1, -0.05) is 18.2 Å². The maximum atomic E-state index is 8.17. The van der Waals surface area contributed by atoms with Gasteiger partial charge in [0.2, 0.25) is 0 Å². The monoisotopic (exact) mass is 119 g/mol. The molecule has 0 unspecified atom stereocenters. The Balaban J connectivity index is 2.32. The maximum Gasteiger partial charge on any atom is 0.0908 e. The molecule has 1 aliphatic rings. The molecule has 1 nitrogen and oxygen atoms in total. The number of hydrogen-bond acceptors (Lipinski definition) is 1. The predicted molar refractivity (Wildman–Crippen MR) is 36.6 cm³/mol. The minimum atomic E-state index is 0.602. The molecule has 0 fully saturated rings. The summed E-state index contributed by atoms with van der Waals surface area (Å²) >= 11 is 0. The average molecular weight is 119 g/mol. The van der Waals surface area contributed by atoms with Crippen LogP contribution in [0, 0.1) is 17.2 Å². The van der Waals surface area contributed by atoms with Crippen molar-refractivity contribution >= 4 is 0 Å². The Morgan fingerprint density at radius 2 is 2.11 bits per heavy atom. The van der Waals surface area contributed by atoms with Gasteiger partial charge in [-0.3, -0.25) is 0 Å². The molecule has 0 bridgehead atoms. The summed E-state index contributed by atoms with van der Waals surface area (Å²) in [5, 5.41) is 8.17. The molecule has 0 atom stereocenters. The van der Waals surface area contributed by atoms with E-state index in [-0.39, 0.29) is 0 Å². The zero-order chi connectivity index (χ0) is 6.53. The van der Waals surface area contributed by atoms with Gasteiger partial charge in [-0.05, 0) is 18.8 Å². The van der Waals surface area contributed by atoms with Crippen LogP contribution in [0.4, 0.5) is 0 Å². The third-order valence-corrected chi connectivity index (χ3v) is 1.49. The van der Waals surface area contributed by atoms with E-state index in [4.69, 9.17) is 5.26 Å². The fraction of sp³-hybridized carbons (Fsp3) is 0.375. The fourth-order valence-electron chi connectivity index (χ4n) is 0.975. The summed E-state index contributed by atoms with van der Waals surface area (Å²) < 4.78 is 0. The van der Waals surface area contributed by atoms with Crippen LogP contribution in [0.15, 0.2) is 24.3 Å². The molecule has 1 aliphatic carbocycles. The first kappa shape index (κ1) is 6.10. The molecule has 1 heteroatoms. The van der Waals surface area contributed by atoms with Crippen molar-refractivity contribution in [3.63, 3.8) is 0 Å². The lowest BCUT2D eigenvalue weighted by molar-refractivity contribution is 0.717. The highest BCUT2D eigenvalue weighted by Crippen LogP contribution is 2.18. The van der Waals surface area contributed by atoms with E-state index in [1.165, 1.54) is 0 Å². The number of nitrogens with zero attached hydrogens (tertiary/aromatic N) is 1. The summed E-state index contributed by atoms with van der Waals surface area (Å²) in [7, 11) is 0. The predicted octanol–water partition coefficient (Wildman–Crippen LogP) is 2.03. The van der Waals surface area contributed by atoms with Gasteiger partial charge < -0.3 is 0 Å². The van der Waals surface area contributed by atoms with Gasteiger partial charge in [0.15, 0.2) is 0 Å². The molecule has 46 valence electrons. The largest absolute Gasteiger partial charge is 0.193 e. The first-order valence-electron chi connectivity index (χ1n) is 3.15. The quantitative estimate of drug-likeness (QED) is 0.382. The van der Waals surface area contributed by atoms with Gasteiger partial charge in [0.1, 0.15) is 0 Å². The minimum Gasteiger partial charge on any atom is -0.193 e. The van der Waals surface area contributed by atoms with E-state index in [1.807, 2.05) is 12.1 Å². The zero-order valence-corrected chi connectivity index (χ0v) is 5.25. The summed E-state index contributed by atoms with van der Waals surface area (Å²) in [6, 6.07) is 1.99. The molecule has 0 aromatic carbocycles. The maximum absolute atomic E-state index is 8.17. The van der Waals surface area contributed by atoms with Crippen LogP contribution in [-0.2, 0) is 0 Å². The number of nitriles is 1. The molecule has 0 aromatic heterocycles. The Morgan fingerprint density at radius 3 is 2.67 bits per heavy atom. The molecule has 1 rings (SSSR count). The average Bonchev–Trinajstić information content (AvgIpc) is 2.34. The Kier molecular flexibility index (Phi) is 2.09. The van der Waals surface area contributed by atoms with E-state index >= 15 is 0 Å². The first-order chi connectivity index (χ1) is 4.43. The van der Waals surface area contributed by atoms with Crippen LogP contribution in [0.25, 0.3) is 0 Å². The second-order valence-electron chi connectivity index (χ2n) is 2.19. The molecule has 0 radical (unpaired) electrons. The lowest BCUT2D eigenvalue weighted by atomic mass is 10.1. The molecule has 0 saturated heterocycles. The van der Waals surface area contributed by atoms with Crippen LogP contribution >= 0.6 is 0 Å². The van der Waals surface area contributed by atoms with E-state index in [1.54, 1.807) is 6.08 Å². The Morgan fingerprint density at radius 1 is 1.44 bits per heavy atom. The van der Waals surface area contributed by atoms with Gasteiger partial charge in [-0.25, -0.2) is 0 Å². The second kappa shape index (κ2) is 3.09. The van der Waals surface area contributed by atoms with Gasteiger partial charge in [0, 0.05) is 6.08 Å². The second-order valence-corrected chi connectivity index (χ2v) is 2.19. The van der Waals surface area contributed by atoms with Crippen LogP contribution in [0.5, 0.6) is 0 Å². The zero-order valence-electron chi connectivity index (χ0n) is 5.25. The summed E-state index contributed by atoms with van der Waals surface area (Å²) in [5.74, 6) is 0.602. The van der Waals surface area contributed by atoms with Crippen LogP contribution < -0.4 is 0 Å². The van der Waals surface area contributed by atoms with Crippen molar-refractivity contribution in [1.29, 1.82) is 5.26 Å². The van der Waals surface area contributed by atoms with E-state index in [0.29, 0.717) is 5.92 Å². The normalized spacial score (nSPS) is 19.0. The van der Waals surface area contributed by atoms with Crippen LogP contribution in [0.2, 0.25) is 0 Å². The van der Waals surface area contributed by atoms with Crippen molar-refractivity contribution in [2.24, 2.45) is 5.92 Å². The third-order valence-electron chi connectivity index (χ3n) is 1.49. The molecule has 0 spiro atoms. The topological polar surface area (TPSA) is 23.8 Å². The van der Waals surface area contributed by atoms with Crippen LogP contribution in [0.3, 0.4) is 0 Å². The van der Waals surface area contributed by atoms with E-state index in [9.17, 15) is 0 Å². The molecule has 0 amide bonds. The van der Waals surface area contributed by atoms with Crippen molar-refractivity contribution in [3.05, 3.63) is 24.3 Å². The van der Waals surface area contributed by atoms with Gasteiger partial charge >= 0.3 is 0 Å². The van der Waals surface area contributed by atoms with E-state index in [2.05, 4.69) is 12.2 Å². The highest BCUT2D eigenvalue weighted by Gasteiger charge is 2.04. The van der Waals surface area contributed by atoms with Crippen LogP contribution in [-0.4, -0.2) is 0 Å². The standard InChI is InChI=1S/C8H9N/c9-7-3-6-8-4-1-2-5-8/h1-3,6,8H,4-5H2. The van der Waals surface area contributed by atoms with Gasteiger partial charge in [-0.15, -0.1) is 0 Å². The number of rotatable bonds is 1. The van der Waals surface area contributed by atoms with Crippen molar-refractivity contribution in [2.45, 2.75) is 12.8 Å². The molecule has 9 heavy (non-hydrogen) atoms. The summed E-state index contributed by atoms with van der Waals surface area (Å²) in [5.41, 5.74) is 0. The van der Waals surface area contributed by atoms with Gasteiger partial charge in [0.05, 0.1) is 6.07 Å². The van der Waals surface area contributed by atoms with Gasteiger partial charge in [-0.2, -0.15) is 5.26 Å². The number of hydrogen-bond donors (Lipinski definition) is 0. The lowest BCUT2D eigenvalue weighted by Crippen LogP contribution is -1.84. The van der Waals surface area contributed by atoms with Crippen molar-refractivity contribution in [1.82, 2.24) is 0 Å². The summed E-state index contributed by atoms with van der Waals surface area (Å²) in [4.78, 5) is 0. The molecular weight excluding hydrogens is 110 g/mol. The Labute approximate surface area is 55.3 Å². The number of allylic oxidation sites excluding steroid dienone is 4. The Hall–Kier alpha value is -1.03. The molecule has 0 heterocycles. The SMILES string of the molecule is N#CC=CC1CC=CC1. The smallest absolute Gasteiger partial charge is 0.0908 e.